The first-order chi connectivity index (χ1) is 11.5. The molecular formula is C20H27N3O. The highest BCUT2D eigenvalue weighted by molar-refractivity contribution is 5.79. The fraction of sp³-hybridized carbons (Fsp3) is 0.500. The third kappa shape index (κ3) is 3.69. The number of hydrogen-bond acceptors (Lipinski definition) is 2. The molecule has 3 rings (SSSR count). The maximum absolute atomic E-state index is 12.4. The van der Waals surface area contributed by atoms with E-state index in [1.807, 2.05) is 25.6 Å². The molecule has 0 saturated heterocycles. The van der Waals surface area contributed by atoms with Gasteiger partial charge in [-0.05, 0) is 51.0 Å². The number of amides is 1. The van der Waals surface area contributed by atoms with Gasteiger partial charge in [0.15, 0.2) is 0 Å². The molecule has 4 heteroatoms. The number of carbonyl (C=O) groups excluding carboxylic acids is 1. The van der Waals surface area contributed by atoms with Gasteiger partial charge in [0.1, 0.15) is 0 Å². The van der Waals surface area contributed by atoms with Gasteiger partial charge in [-0.15, -0.1) is 0 Å². The Bertz CT molecular complexity index is 697. The van der Waals surface area contributed by atoms with E-state index in [1.54, 1.807) is 0 Å². The van der Waals surface area contributed by atoms with E-state index >= 15 is 0 Å². The standard InChI is InChI=1S/C20H27N3O/c1-14-19(15(2)23(3)22-14)13-20(24)21-18-11-9-17(10-12-18)16-7-5-4-6-8-16/h4-8,17-18H,9-13H2,1-3H3,(H,21,24). The zero-order chi connectivity index (χ0) is 17.1. The van der Waals surface area contributed by atoms with Gasteiger partial charge in [-0.3, -0.25) is 9.48 Å². The number of nitrogens with zero attached hydrogens (tertiary/aromatic N) is 2. The molecule has 4 nitrogen and oxygen atoms in total. The molecule has 0 spiro atoms. The smallest absolute Gasteiger partial charge is 0.224 e. The van der Waals surface area contributed by atoms with Gasteiger partial charge in [0.25, 0.3) is 0 Å². The lowest BCUT2D eigenvalue weighted by Gasteiger charge is -2.29. The molecule has 0 unspecified atom stereocenters. The summed E-state index contributed by atoms with van der Waals surface area (Å²) >= 11 is 0. The summed E-state index contributed by atoms with van der Waals surface area (Å²) in [5, 5.41) is 7.62. The van der Waals surface area contributed by atoms with Crippen LogP contribution in [0.15, 0.2) is 30.3 Å². The molecule has 1 saturated carbocycles. The van der Waals surface area contributed by atoms with Crippen molar-refractivity contribution in [2.24, 2.45) is 7.05 Å². The molecule has 1 heterocycles. The van der Waals surface area contributed by atoms with E-state index in [9.17, 15) is 4.79 Å². The van der Waals surface area contributed by atoms with Crippen LogP contribution in [0.25, 0.3) is 0 Å². The summed E-state index contributed by atoms with van der Waals surface area (Å²) in [6.07, 6.45) is 4.87. The van der Waals surface area contributed by atoms with Gasteiger partial charge in [-0.1, -0.05) is 30.3 Å². The minimum absolute atomic E-state index is 0.123. The van der Waals surface area contributed by atoms with E-state index in [1.165, 1.54) is 5.56 Å². The van der Waals surface area contributed by atoms with Crippen LogP contribution in [0.5, 0.6) is 0 Å². The maximum Gasteiger partial charge on any atom is 0.224 e. The molecule has 2 aromatic rings. The predicted molar refractivity (Wildman–Crippen MR) is 96.0 cm³/mol. The number of benzene rings is 1. The zero-order valence-electron chi connectivity index (χ0n) is 14.9. The number of aromatic nitrogens is 2. The molecule has 0 radical (unpaired) electrons. The van der Waals surface area contributed by atoms with E-state index in [4.69, 9.17) is 0 Å². The van der Waals surface area contributed by atoms with Crippen LogP contribution in [0.3, 0.4) is 0 Å². The maximum atomic E-state index is 12.4. The Balaban J connectivity index is 1.52. The van der Waals surface area contributed by atoms with Gasteiger partial charge in [0.2, 0.25) is 5.91 Å². The Morgan fingerprint density at radius 1 is 1.17 bits per heavy atom. The van der Waals surface area contributed by atoms with Crippen molar-refractivity contribution in [2.75, 3.05) is 0 Å². The van der Waals surface area contributed by atoms with Crippen molar-refractivity contribution in [1.29, 1.82) is 0 Å². The lowest BCUT2D eigenvalue weighted by molar-refractivity contribution is -0.121. The van der Waals surface area contributed by atoms with Crippen LogP contribution < -0.4 is 5.32 Å². The second-order valence-electron chi connectivity index (χ2n) is 6.98. The van der Waals surface area contributed by atoms with E-state index < -0.39 is 0 Å². The van der Waals surface area contributed by atoms with Crippen LogP contribution in [-0.4, -0.2) is 21.7 Å². The van der Waals surface area contributed by atoms with E-state index in [-0.39, 0.29) is 5.91 Å². The van der Waals surface area contributed by atoms with Crippen LogP contribution in [-0.2, 0) is 18.3 Å². The Morgan fingerprint density at radius 3 is 2.42 bits per heavy atom. The molecule has 1 aromatic heterocycles. The van der Waals surface area contributed by atoms with Crippen LogP contribution >= 0.6 is 0 Å². The summed E-state index contributed by atoms with van der Waals surface area (Å²) in [6.45, 7) is 3.99. The summed E-state index contributed by atoms with van der Waals surface area (Å²) in [5.41, 5.74) is 4.53. The molecule has 24 heavy (non-hydrogen) atoms. The van der Waals surface area contributed by atoms with Crippen molar-refractivity contribution < 1.29 is 4.79 Å². The summed E-state index contributed by atoms with van der Waals surface area (Å²) in [6, 6.07) is 11.0. The Hall–Kier alpha value is -2.10. The number of rotatable bonds is 4. The summed E-state index contributed by atoms with van der Waals surface area (Å²) in [4.78, 5) is 12.4. The molecule has 1 fully saturated rings. The SMILES string of the molecule is Cc1nn(C)c(C)c1CC(=O)NC1CCC(c2ccccc2)CC1. The monoisotopic (exact) mass is 325 g/mol. The molecule has 1 aliphatic rings. The van der Waals surface area contributed by atoms with Gasteiger partial charge >= 0.3 is 0 Å². The minimum Gasteiger partial charge on any atom is -0.353 e. The van der Waals surface area contributed by atoms with Crippen LogP contribution in [0.1, 0.15) is 54.1 Å². The van der Waals surface area contributed by atoms with Gasteiger partial charge in [0.05, 0.1) is 12.1 Å². The number of aryl methyl sites for hydroxylation is 2. The number of hydrogen-bond donors (Lipinski definition) is 1. The van der Waals surface area contributed by atoms with Crippen molar-refractivity contribution in [3.05, 3.63) is 52.8 Å². The number of carbonyl (C=O) groups is 1. The third-order valence-corrected chi connectivity index (χ3v) is 5.36. The lowest BCUT2D eigenvalue weighted by Crippen LogP contribution is -2.38. The highest BCUT2D eigenvalue weighted by Crippen LogP contribution is 2.32. The molecule has 0 bridgehead atoms. The average molecular weight is 325 g/mol. The highest BCUT2D eigenvalue weighted by atomic mass is 16.1. The minimum atomic E-state index is 0.123. The highest BCUT2D eigenvalue weighted by Gasteiger charge is 2.24. The average Bonchev–Trinajstić information content (AvgIpc) is 2.82. The fourth-order valence-corrected chi connectivity index (χ4v) is 3.81. The molecule has 0 aliphatic heterocycles. The van der Waals surface area contributed by atoms with Crippen molar-refractivity contribution in [3.63, 3.8) is 0 Å². The van der Waals surface area contributed by atoms with Crippen molar-refractivity contribution in [1.82, 2.24) is 15.1 Å². The Morgan fingerprint density at radius 2 is 1.83 bits per heavy atom. The van der Waals surface area contributed by atoms with Gasteiger partial charge in [-0.2, -0.15) is 5.10 Å². The third-order valence-electron chi connectivity index (χ3n) is 5.36. The van der Waals surface area contributed by atoms with Crippen LogP contribution in [0.2, 0.25) is 0 Å². The topological polar surface area (TPSA) is 46.9 Å². The van der Waals surface area contributed by atoms with Crippen molar-refractivity contribution in [3.8, 4) is 0 Å². The zero-order valence-corrected chi connectivity index (χ0v) is 14.9. The molecule has 1 aromatic carbocycles. The van der Waals surface area contributed by atoms with Gasteiger partial charge < -0.3 is 5.32 Å². The van der Waals surface area contributed by atoms with E-state index in [0.29, 0.717) is 18.4 Å². The Labute approximate surface area is 144 Å². The van der Waals surface area contributed by atoms with Crippen molar-refractivity contribution in [2.45, 2.75) is 57.9 Å². The molecule has 1 amide bonds. The fourth-order valence-electron chi connectivity index (χ4n) is 3.81. The summed E-state index contributed by atoms with van der Waals surface area (Å²) in [7, 11) is 1.93. The van der Waals surface area contributed by atoms with E-state index in [0.717, 1.165) is 42.6 Å². The summed E-state index contributed by atoms with van der Waals surface area (Å²) in [5.74, 6) is 0.763. The second kappa shape index (κ2) is 7.20. The molecule has 0 atom stereocenters. The van der Waals surface area contributed by atoms with Crippen molar-refractivity contribution >= 4 is 5.91 Å². The quantitative estimate of drug-likeness (QED) is 0.936. The first kappa shape index (κ1) is 16.7. The van der Waals surface area contributed by atoms with Gasteiger partial charge in [-0.25, -0.2) is 0 Å². The Kier molecular flexibility index (Phi) is 5.03. The number of nitrogens with one attached hydrogen (secondary N) is 1. The van der Waals surface area contributed by atoms with Gasteiger partial charge in [0, 0.05) is 24.3 Å². The second-order valence-corrected chi connectivity index (χ2v) is 6.98. The summed E-state index contributed by atoms with van der Waals surface area (Å²) < 4.78 is 1.85. The molecule has 1 aliphatic carbocycles. The first-order valence-corrected chi connectivity index (χ1v) is 8.88. The van der Waals surface area contributed by atoms with E-state index in [2.05, 4.69) is 40.7 Å². The van der Waals surface area contributed by atoms with Crippen LogP contribution in [0, 0.1) is 13.8 Å². The molecule has 128 valence electrons. The first-order valence-electron chi connectivity index (χ1n) is 8.88. The van der Waals surface area contributed by atoms with Crippen LogP contribution in [0.4, 0.5) is 0 Å². The lowest BCUT2D eigenvalue weighted by atomic mass is 9.82. The molecular weight excluding hydrogens is 298 g/mol. The normalized spacial score (nSPS) is 20.8. The molecule has 1 N–H and O–H groups in total. The largest absolute Gasteiger partial charge is 0.353 e. The predicted octanol–water partition coefficient (Wildman–Crippen LogP) is 3.42.